The zero-order valence-electron chi connectivity index (χ0n) is 10.7. The second-order valence-electron chi connectivity index (χ2n) is 5.26. The fourth-order valence-electron chi connectivity index (χ4n) is 2.06. The molecule has 1 rings (SSSR count). The zero-order valence-corrected chi connectivity index (χ0v) is 10.7. The number of carbonyl (C=O) groups is 1. The summed E-state index contributed by atoms with van der Waals surface area (Å²) in [6.45, 7) is 6.02. The first kappa shape index (κ1) is 13.5. The molecule has 0 radical (unpaired) electrons. The smallest absolute Gasteiger partial charge is 0.224 e. The van der Waals surface area contributed by atoms with E-state index in [1.165, 1.54) is 19.3 Å². The number of nitrogens with two attached hydrogens (primary N) is 1. The zero-order chi connectivity index (χ0) is 12.0. The van der Waals surface area contributed by atoms with Crippen molar-refractivity contribution in [1.29, 1.82) is 0 Å². The lowest BCUT2D eigenvalue weighted by atomic mass is 10.0. The van der Waals surface area contributed by atoms with Gasteiger partial charge in [0.25, 0.3) is 0 Å². The molecule has 1 atom stereocenters. The fraction of sp³-hybridized carbons (Fsp3) is 0.923. The number of hydrogen-bond donors (Lipinski definition) is 1. The molecule has 1 aliphatic heterocycles. The molecule has 0 aromatic heterocycles. The number of amides is 1. The van der Waals surface area contributed by atoms with Crippen LogP contribution >= 0.6 is 0 Å². The Bertz CT molecular complexity index is 208. The third-order valence-corrected chi connectivity index (χ3v) is 3.48. The summed E-state index contributed by atoms with van der Waals surface area (Å²) >= 11 is 0. The van der Waals surface area contributed by atoms with Gasteiger partial charge in [0, 0.05) is 25.6 Å². The molecule has 2 N–H and O–H groups in total. The molecule has 0 aromatic rings. The molecule has 1 amide bonds. The van der Waals surface area contributed by atoms with Crippen LogP contribution in [0, 0.1) is 5.92 Å². The van der Waals surface area contributed by atoms with E-state index in [2.05, 4.69) is 13.8 Å². The summed E-state index contributed by atoms with van der Waals surface area (Å²) in [6, 6.07) is 0.0120. The second kappa shape index (κ2) is 6.89. The quantitative estimate of drug-likeness (QED) is 0.801. The van der Waals surface area contributed by atoms with Crippen LogP contribution in [-0.4, -0.2) is 29.9 Å². The molecular formula is C13H26N2O. The third kappa shape index (κ3) is 4.52. The van der Waals surface area contributed by atoms with Gasteiger partial charge in [0.05, 0.1) is 0 Å². The lowest BCUT2D eigenvalue weighted by Gasteiger charge is -2.26. The molecule has 1 heterocycles. The van der Waals surface area contributed by atoms with Crippen LogP contribution in [-0.2, 0) is 4.79 Å². The Kier molecular flexibility index (Phi) is 5.81. The lowest BCUT2D eigenvalue weighted by Crippen LogP contribution is -2.39. The monoisotopic (exact) mass is 226 g/mol. The molecule has 3 nitrogen and oxygen atoms in total. The van der Waals surface area contributed by atoms with E-state index in [1.54, 1.807) is 0 Å². The lowest BCUT2D eigenvalue weighted by molar-refractivity contribution is -0.132. The first-order valence-corrected chi connectivity index (χ1v) is 6.64. The average molecular weight is 226 g/mol. The largest absolute Gasteiger partial charge is 0.343 e. The van der Waals surface area contributed by atoms with Crippen molar-refractivity contribution in [1.82, 2.24) is 4.90 Å². The molecule has 3 heteroatoms. The van der Waals surface area contributed by atoms with E-state index in [0.717, 1.165) is 25.9 Å². The molecular weight excluding hydrogens is 200 g/mol. The normalized spacial score (nSPS) is 20.4. The molecule has 0 aromatic carbocycles. The summed E-state index contributed by atoms with van der Waals surface area (Å²) in [5.74, 6) is 0.641. The minimum absolute atomic E-state index is 0.0120. The summed E-state index contributed by atoms with van der Waals surface area (Å²) in [5, 5.41) is 0. The Morgan fingerprint density at radius 2 is 1.62 bits per heavy atom. The SMILES string of the molecule is CC(C)C(N)CC(=O)N1CCCCCCC1. The highest BCUT2D eigenvalue weighted by molar-refractivity contribution is 5.76. The number of hydrogen-bond acceptors (Lipinski definition) is 2. The van der Waals surface area contributed by atoms with Crippen LogP contribution < -0.4 is 5.73 Å². The van der Waals surface area contributed by atoms with Crippen molar-refractivity contribution < 1.29 is 4.79 Å². The molecule has 1 saturated heterocycles. The second-order valence-corrected chi connectivity index (χ2v) is 5.26. The Morgan fingerprint density at radius 3 is 2.12 bits per heavy atom. The van der Waals surface area contributed by atoms with Gasteiger partial charge in [-0.1, -0.05) is 33.1 Å². The van der Waals surface area contributed by atoms with E-state index in [-0.39, 0.29) is 11.9 Å². The molecule has 0 saturated carbocycles. The molecule has 1 fully saturated rings. The van der Waals surface area contributed by atoms with Gasteiger partial charge >= 0.3 is 0 Å². The average Bonchev–Trinajstić information content (AvgIpc) is 2.16. The number of likely N-dealkylation sites (tertiary alicyclic amines) is 1. The van der Waals surface area contributed by atoms with Gasteiger partial charge in [0.2, 0.25) is 5.91 Å². The van der Waals surface area contributed by atoms with E-state index in [1.807, 2.05) is 4.90 Å². The Labute approximate surface area is 99.4 Å². The van der Waals surface area contributed by atoms with Crippen molar-refractivity contribution in [3.63, 3.8) is 0 Å². The van der Waals surface area contributed by atoms with Crippen LogP contribution in [0.2, 0.25) is 0 Å². The molecule has 0 bridgehead atoms. The Morgan fingerprint density at radius 1 is 1.12 bits per heavy atom. The molecule has 1 aliphatic rings. The van der Waals surface area contributed by atoms with Gasteiger partial charge in [-0.2, -0.15) is 0 Å². The van der Waals surface area contributed by atoms with E-state index < -0.39 is 0 Å². The van der Waals surface area contributed by atoms with Crippen LogP contribution in [0.15, 0.2) is 0 Å². The van der Waals surface area contributed by atoms with Crippen LogP contribution in [0.25, 0.3) is 0 Å². The summed E-state index contributed by atoms with van der Waals surface area (Å²) in [6.07, 6.45) is 6.68. The van der Waals surface area contributed by atoms with Crippen molar-refractivity contribution in [2.24, 2.45) is 11.7 Å². The van der Waals surface area contributed by atoms with Crippen molar-refractivity contribution in [2.75, 3.05) is 13.1 Å². The van der Waals surface area contributed by atoms with Gasteiger partial charge in [-0.25, -0.2) is 0 Å². The van der Waals surface area contributed by atoms with E-state index in [0.29, 0.717) is 12.3 Å². The van der Waals surface area contributed by atoms with Crippen LogP contribution in [0.5, 0.6) is 0 Å². The molecule has 0 aliphatic carbocycles. The highest BCUT2D eigenvalue weighted by Gasteiger charge is 2.19. The highest BCUT2D eigenvalue weighted by atomic mass is 16.2. The summed E-state index contributed by atoms with van der Waals surface area (Å²) in [5.41, 5.74) is 5.95. The van der Waals surface area contributed by atoms with Gasteiger partial charge in [-0.05, 0) is 18.8 Å². The standard InChI is InChI=1S/C13H26N2O/c1-11(2)12(14)10-13(16)15-8-6-4-3-5-7-9-15/h11-12H,3-10,14H2,1-2H3. The van der Waals surface area contributed by atoms with E-state index >= 15 is 0 Å². The molecule has 1 unspecified atom stereocenters. The molecule has 0 spiro atoms. The van der Waals surface area contributed by atoms with Crippen LogP contribution in [0.4, 0.5) is 0 Å². The topological polar surface area (TPSA) is 46.3 Å². The summed E-state index contributed by atoms with van der Waals surface area (Å²) in [4.78, 5) is 14.0. The summed E-state index contributed by atoms with van der Waals surface area (Å²) < 4.78 is 0. The van der Waals surface area contributed by atoms with Crippen molar-refractivity contribution in [3.05, 3.63) is 0 Å². The predicted molar refractivity (Wildman–Crippen MR) is 67.1 cm³/mol. The van der Waals surface area contributed by atoms with Gasteiger partial charge in [0.15, 0.2) is 0 Å². The maximum Gasteiger partial charge on any atom is 0.224 e. The first-order chi connectivity index (χ1) is 7.61. The first-order valence-electron chi connectivity index (χ1n) is 6.64. The van der Waals surface area contributed by atoms with E-state index in [9.17, 15) is 4.79 Å². The predicted octanol–water partition coefficient (Wildman–Crippen LogP) is 2.15. The van der Waals surface area contributed by atoms with E-state index in [4.69, 9.17) is 5.73 Å². The van der Waals surface area contributed by atoms with Crippen molar-refractivity contribution in [2.45, 2.75) is 58.4 Å². The molecule has 94 valence electrons. The third-order valence-electron chi connectivity index (χ3n) is 3.48. The van der Waals surface area contributed by atoms with Crippen LogP contribution in [0.3, 0.4) is 0 Å². The summed E-state index contributed by atoms with van der Waals surface area (Å²) in [7, 11) is 0. The number of nitrogens with zero attached hydrogens (tertiary/aromatic N) is 1. The molecule has 16 heavy (non-hydrogen) atoms. The van der Waals surface area contributed by atoms with Gasteiger partial charge in [-0.3, -0.25) is 4.79 Å². The maximum absolute atomic E-state index is 12.0. The Balaban J connectivity index is 2.38. The minimum atomic E-state index is 0.0120. The maximum atomic E-state index is 12.0. The van der Waals surface area contributed by atoms with Crippen molar-refractivity contribution in [3.8, 4) is 0 Å². The van der Waals surface area contributed by atoms with Gasteiger partial charge < -0.3 is 10.6 Å². The Hall–Kier alpha value is -0.570. The van der Waals surface area contributed by atoms with Gasteiger partial charge in [-0.15, -0.1) is 0 Å². The highest BCUT2D eigenvalue weighted by Crippen LogP contribution is 2.13. The van der Waals surface area contributed by atoms with Crippen LogP contribution in [0.1, 0.15) is 52.4 Å². The number of carbonyl (C=O) groups excluding carboxylic acids is 1. The van der Waals surface area contributed by atoms with Crippen molar-refractivity contribution >= 4 is 5.91 Å². The minimum Gasteiger partial charge on any atom is -0.343 e. The van der Waals surface area contributed by atoms with Gasteiger partial charge in [0.1, 0.15) is 0 Å². The number of rotatable bonds is 3. The fourth-order valence-corrected chi connectivity index (χ4v) is 2.06.